The first-order chi connectivity index (χ1) is 7.93. The van der Waals surface area contributed by atoms with Crippen LogP contribution < -0.4 is 4.74 Å². The van der Waals surface area contributed by atoms with E-state index < -0.39 is 6.09 Å². The summed E-state index contributed by atoms with van der Waals surface area (Å²) in [4.78, 5) is 26.0. The molecule has 0 saturated carbocycles. The van der Waals surface area contributed by atoms with E-state index in [0.29, 0.717) is 5.56 Å². The van der Waals surface area contributed by atoms with Crippen LogP contribution >= 0.6 is 0 Å². The summed E-state index contributed by atoms with van der Waals surface area (Å²) in [6.07, 6.45) is -0.510. The highest BCUT2D eigenvalue weighted by molar-refractivity contribution is 5.97. The van der Waals surface area contributed by atoms with E-state index >= 15 is 0 Å². The lowest BCUT2D eigenvalue weighted by molar-refractivity contribution is 0.0824. The van der Waals surface area contributed by atoms with Crippen LogP contribution in [0.3, 0.4) is 0 Å². The Balaban J connectivity index is 3.00. The minimum Gasteiger partial charge on any atom is -0.409 e. The molecular formula is C12H16N2O3. The standard InChI is InChI=1S/C12H16N2O3/c1-13(2)11(15)9-7-5-6-8-10(9)17-12(16)14(3)4/h5-8H,1-4H3. The molecule has 0 saturated heterocycles. The molecule has 0 N–H and O–H groups in total. The average Bonchev–Trinajstić information content (AvgIpc) is 2.28. The van der Waals surface area contributed by atoms with Crippen molar-refractivity contribution < 1.29 is 14.3 Å². The zero-order chi connectivity index (χ0) is 13.0. The molecule has 5 nitrogen and oxygen atoms in total. The second kappa shape index (κ2) is 5.34. The molecule has 5 heteroatoms. The Morgan fingerprint density at radius 3 is 2.12 bits per heavy atom. The van der Waals surface area contributed by atoms with Crippen molar-refractivity contribution in [3.05, 3.63) is 29.8 Å². The van der Waals surface area contributed by atoms with Crippen LogP contribution in [-0.4, -0.2) is 50.0 Å². The molecule has 17 heavy (non-hydrogen) atoms. The van der Waals surface area contributed by atoms with Gasteiger partial charge in [-0.2, -0.15) is 0 Å². The third-order valence-corrected chi connectivity index (χ3v) is 2.09. The van der Waals surface area contributed by atoms with Gasteiger partial charge in [0.25, 0.3) is 5.91 Å². The highest BCUT2D eigenvalue weighted by Gasteiger charge is 2.16. The summed E-state index contributed by atoms with van der Waals surface area (Å²) in [5.41, 5.74) is 0.368. The fourth-order valence-corrected chi connectivity index (χ4v) is 1.16. The average molecular weight is 236 g/mol. The minimum atomic E-state index is -0.510. The van der Waals surface area contributed by atoms with Crippen LogP contribution in [0.5, 0.6) is 5.75 Å². The summed E-state index contributed by atoms with van der Waals surface area (Å²) < 4.78 is 5.12. The van der Waals surface area contributed by atoms with Crippen molar-refractivity contribution in [2.75, 3.05) is 28.2 Å². The van der Waals surface area contributed by atoms with E-state index in [-0.39, 0.29) is 11.7 Å². The number of para-hydroxylation sites is 1. The smallest absolute Gasteiger partial charge is 0.409 e. The lowest BCUT2D eigenvalue weighted by atomic mass is 10.2. The Bertz CT molecular complexity index is 428. The van der Waals surface area contributed by atoms with Crippen LogP contribution in [0.2, 0.25) is 0 Å². The molecule has 1 rings (SSSR count). The van der Waals surface area contributed by atoms with Gasteiger partial charge in [-0.05, 0) is 12.1 Å². The first kappa shape index (κ1) is 13.0. The van der Waals surface area contributed by atoms with Gasteiger partial charge in [-0.15, -0.1) is 0 Å². The molecule has 2 amide bonds. The van der Waals surface area contributed by atoms with Crippen molar-refractivity contribution in [2.24, 2.45) is 0 Å². The number of ether oxygens (including phenoxy) is 1. The lowest BCUT2D eigenvalue weighted by Gasteiger charge is -2.15. The van der Waals surface area contributed by atoms with Crippen molar-refractivity contribution in [1.29, 1.82) is 0 Å². The molecule has 0 aromatic heterocycles. The van der Waals surface area contributed by atoms with Gasteiger partial charge in [-0.1, -0.05) is 12.1 Å². The van der Waals surface area contributed by atoms with E-state index in [1.54, 1.807) is 52.5 Å². The molecule has 0 aliphatic rings. The van der Waals surface area contributed by atoms with Gasteiger partial charge in [0.15, 0.2) is 0 Å². The predicted octanol–water partition coefficient (Wildman–Crippen LogP) is 1.45. The molecule has 1 aromatic carbocycles. The fourth-order valence-electron chi connectivity index (χ4n) is 1.16. The Labute approximate surface area is 101 Å². The Morgan fingerprint density at radius 2 is 1.59 bits per heavy atom. The van der Waals surface area contributed by atoms with Crippen molar-refractivity contribution >= 4 is 12.0 Å². The van der Waals surface area contributed by atoms with Crippen LogP contribution in [0.1, 0.15) is 10.4 Å². The van der Waals surface area contributed by atoms with Gasteiger partial charge in [0.1, 0.15) is 5.75 Å². The molecule has 0 atom stereocenters. The fraction of sp³-hybridized carbons (Fsp3) is 0.333. The second-order valence-corrected chi connectivity index (χ2v) is 3.96. The summed E-state index contributed by atoms with van der Waals surface area (Å²) in [5, 5.41) is 0. The monoisotopic (exact) mass is 236 g/mol. The van der Waals surface area contributed by atoms with Crippen molar-refractivity contribution in [3.63, 3.8) is 0 Å². The molecule has 0 aliphatic carbocycles. The molecule has 0 unspecified atom stereocenters. The van der Waals surface area contributed by atoms with E-state index in [0.717, 1.165) is 0 Å². The zero-order valence-corrected chi connectivity index (χ0v) is 10.4. The molecule has 92 valence electrons. The van der Waals surface area contributed by atoms with E-state index in [1.165, 1.54) is 9.80 Å². The molecule has 1 aromatic rings. The van der Waals surface area contributed by atoms with Crippen molar-refractivity contribution in [2.45, 2.75) is 0 Å². The highest BCUT2D eigenvalue weighted by atomic mass is 16.6. The van der Waals surface area contributed by atoms with Crippen LogP contribution in [-0.2, 0) is 0 Å². The maximum absolute atomic E-state index is 11.8. The number of benzene rings is 1. The van der Waals surface area contributed by atoms with Gasteiger partial charge in [0.05, 0.1) is 5.56 Å². The quantitative estimate of drug-likeness (QED) is 0.781. The summed E-state index contributed by atoms with van der Waals surface area (Å²) in [5.74, 6) is 0.0667. The highest BCUT2D eigenvalue weighted by Crippen LogP contribution is 2.19. The number of rotatable bonds is 2. The number of nitrogens with zero attached hydrogens (tertiary/aromatic N) is 2. The van der Waals surface area contributed by atoms with Gasteiger partial charge in [0, 0.05) is 28.2 Å². The predicted molar refractivity (Wildman–Crippen MR) is 64.2 cm³/mol. The molecule has 0 spiro atoms. The lowest BCUT2D eigenvalue weighted by Crippen LogP contribution is -2.27. The van der Waals surface area contributed by atoms with Crippen molar-refractivity contribution in [1.82, 2.24) is 9.80 Å². The zero-order valence-electron chi connectivity index (χ0n) is 10.4. The largest absolute Gasteiger partial charge is 0.414 e. The van der Waals surface area contributed by atoms with Crippen LogP contribution in [0.4, 0.5) is 4.79 Å². The molecule has 0 radical (unpaired) electrons. The Morgan fingerprint density at radius 1 is 1.00 bits per heavy atom. The SMILES string of the molecule is CN(C)C(=O)Oc1ccccc1C(=O)N(C)C. The molecule has 0 heterocycles. The maximum Gasteiger partial charge on any atom is 0.414 e. The topological polar surface area (TPSA) is 49.9 Å². The molecule has 0 bridgehead atoms. The Kier molecular flexibility index (Phi) is 4.09. The van der Waals surface area contributed by atoms with Gasteiger partial charge >= 0.3 is 6.09 Å². The van der Waals surface area contributed by atoms with Crippen LogP contribution in [0.15, 0.2) is 24.3 Å². The normalized spacial score (nSPS) is 9.65. The van der Waals surface area contributed by atoms with Gasteiger partial charge in [0.2, 0.25) is 0 Å². The Hall–Kier alpha value is -2.04. The third-order valence-electron chi connectivity index (χ3n) is 2.09. The molecule has 0 fully saturated rings. The van der Waals surface area contributed by atoms with Crippen LogP contribution in [0.25, 0.3) is 0 Å². The molecular weight excluding hydrogens is 220 g/mol. The number of amides is 2. The van der Waals surface area contributed by atoms with Crippen LogP contribution in [0, 0.1) is 0 Å². The van der Waals surface area contributed by atoms with Crippen molar-refractivity contribution in [3.8, 4) is 5.75 Å². The number of carbonyl (C=O) groups is 2. The summed E-state index contributed by atoms with van der Waals surface area (Å²) >= 11 is 0. The van der Waals surface area contributed by atoms with E-state index in [1.807, 2.05) is 0 Å². The van der Waals surface area contributed by atoms with E-state index in [9.17, 15) is 9.59 Å². The first-order valence-electron chi connectivity index (χ1n) is 5.13. The summed E-state index contributed by atoms with van der Waals surface area (Å²) in [6.45, 7) is 0. The molecule has 0 aliphatic heterocycles. The number of hydrogen-bond donors (Lipinski definition) is 0. The number of carbonyl (C=O) groups excluding carboxylic acids is 2. The third kappa shape index (κ3) is 3.21. The first-order valence-corrected chi connectivity index (χ1v) is 5.13. The van der Waals surface area contributed by atoms with Gasteiger partial charge in [-0.25, -0.2) is 4.79 Å². The summed E-state index contributed by atoms with van der Waals surface area (Å²) in [6, 6.07) is 6.66. The van der Waals surface area contributed by atoms with E-state index in [4.69, 9.17) is 4.74 Å². The number of hydrogen-bond acceptors (Lipinski definition) is 3. The summed E-state index contributed by atoms with van der Waals surface area (Å²) in [7, 11) is 6.46. The maximum atomic E-state index is 11.8. The second-order valence-electron chi connectivity index (χ2n) is 3.96. The van der Waals surface area contributed by atoms with Gasteiger partial charge < -0.3 is 14.5 Å². The van der Waals surface area contributed by atoms with Gasteiger partial charge in [-0.3, -0.25) is 4.79 Å². The minimum absolute atomic E-state index is 0.202. The van der Waals surface area contributed by atoms with E-state index in [2.05, 4.69) is 0 Å².